The Morgan fingerprint density at radius 2 is 1.76 bits per heavy atom. The number of nitrogens with one attached hydrogen (secondary N) is 1. The molecule has 4 rings (SSSR count). The average molecular weight is 475 g/mol. The maximum Gasteiger partial charge on any atom is 0.234 e. The van der Waals surface area contributed by atoms with Crippen LogP contribution in [0.4, 0.5) is 5.69 Å². The van der Waals surface area contributed by atoms with Gasteiger partial charge in [0.1, 0.15) is 11.5 Å². The molecule has 1 N–H and O–H groups in total. The van der Waals surface area contributed by atoms with E-state index in [1.807, 2.05) is 34.9 Å². The lowest BCUT2D eigenvalue weighted by Crippen LogP contribution is -2.15. The van der Waals surface area contributed by atoms with E-state index in [1.165, 1.54) is 17.3 Å². The van der Waals surface area contributed by atoms with E-state index in [2.05, 4.69) is 47.6 Å². The molecule has 4 aromatic rings. The summed E-state index contributed by atoms with van der Waals surface area (Å²) in [5.41, 5.74) is 4.76. The first-order valence-corrected chi connectivity index (χ1v) is 11.7. The lowest BCUT2D eigenvalue weighted by Gasteiger charge is -2.14. The molecule has 1 aromatic heterocycles. The smallest absolute Gasteiger partial charge is 0.234 e. The van der Waals surface area contributed by atoms with Gasteiger partial charge in [0.15, 0.2) is 11.0 Å². The quantitative estimate of drug-likeness (QED) is 0.349. The van der Waals surface area contributed by atoms with Gasteiger partial charge in [0.25, 0.3) is 0 Å². The number of amides is 1. The summed E-state index contributed by atoms with van der Waals surface area (Å²) >= 11 is 1.33. The van der Waals surface area contributed by atoms with Crippen LogP contribution in [0.25, 0.3) is 17.1 Å². The Hall–Kier alpha value is -3.78. The summed E-state index contributed by atoms with van der Waals surface area (Å²) in [5, 5.41) is 12.4. The van der Waals surface area contributed by atoms with E-state index < -0.39 is 0 Å². The summed E-state index contributed by atoms with van der Waals surface area (Å²) in [6.07, 6.45) is 0. The molecular weight excluding hydrogens is 448 g/mol. The van der Waals surface area contributed by atoms with Gasteiger partial charge in [-0.3, -0.25) is 9.36 Å². The molecule has 1 heterocycles. The molecule has 1 amide bonds. The molecule has 0 aliphatic carbocycles. The fourth-order valence-corrected chi connectivity index (χ4v) is 4.38. The Bertz CT molecular complexity index is 1300. The largest absolute Gasteiger partial charge is 0.497 e. The van der Waals surface area contributed by atoms with Crippen LogP contribution in [0.1, 0.15) is 11.1 Å². The first kappa shape index (κ1) is 23.4. The van der Waals surface area contributed by atoms with E-state index in [-0.39, 0.29) is 11.7 Å². The van der Waals surface area contributed by atoms with Crippen molar-refractivity contribution in [1.82, 2.24) is 14.8 Å². The Balaban J connectivity index is 1.61. The topological polar surface area (TPSA) is 78.3 Å². The molecule has 0 aliphatic heterocycles. The van der Waals surface area contributed by atoms with E-state index in [0.29, 0.717) is 22.3 Å². The minimum absolute atomic E-state index is 0.151. The Labute approximate surface area is 203 Å². The Kier molecular flexibility index (Phi) is 7.18. The third kappa shape index (κ3) is 5.07. The second kappa shape index (κ2) is 10.4. The predicted molar refractivity (Wildman–Crippen MR) is 135 cm³/mol. The van der Waals surface area contributed by atoms with E-state index in [4.69, 9.17) is 9.47 Å². The first-order chi connectivity index (χ1) is 16.5. The summed E-state index contributed by atoms with van der Waals surface area (Å²) in [5.74, 6) is 1.88. The number of hydrogen-bond donors (Lipinski definition) is 1. The monoisotopic (exact) mass is 474 g/mol. The molecule has 0 aliphatic rings. The van der Waals surface area contributed by atoms with Crippen molar-refractivity contribution in [3.05, 3.63) is 77.9 Å². The van der Waals surface area contributed by atoms with Crippen LogP contribution in [-0.4, -0.2) is 40.6 Å². The van der Waals surface area contributed by atoms with Crippen LogP contribution in [0.5, 0.6) is 11.5 Å². The van der Waals surface area contributed by atoms with Gasteiger partial charge in [0.2, 0.25) is 5.91 Å². The number of aryl methyl sites for hydroxylation is 2. The van der Waals surface area contributed by atoms with Crippen LogP contribution < -0.4 is 14.8 Å². The van der Waals surface area contributed by atoms with Crippen LogP contribution in [-0.2, 0) is 4.79 Å². The summed E-state index contributed by atoms with van der Waals surface area (Å²) < 4.78 is 12.6. The van der Waals surface area contributed by atoms with Gasteiger partial charge in [-0.2, -0.15) is 0 Å². The number of carbonyl (C=O) groups excluding carboxylic acids is 1. The van der Waals surface area contributed by atoms with Crippen LogP contribution in [0.3, 0.4) is 0 Å². The zero-order valence-corrected chi connectivity index (χ0v) is 20.3. The number of carbonyl (C=O) groups is 1. The van der Waals surface area contributed by atoms with Crippen molar-refractivity contribution in [1.29, 1.82) is 0 Å². The maximum absolute atomic E-state index is 12.8. The number of anilines is 1. The highest BCUT2D eigenvalue weighted by atomic mass is 32.2. The molecule has 3 aromatic carbocycles. The van der Waals surface area contributed by atoms with Crippen molar-refractivity contribution in [2.24, 2.45) is 0 Å². The highest BCUT2D eigenvalue weighted by Gasteiger charge is 2.19. The number of rotatable bonds is 8. The molecule has 0 radical (unpaired) electrons. The maximum atomic E-state index is 12.8. The number of ether oxygens (including phenoxy) is 2. The molecule has 0 fully saturated rings. The van der Waals surface area contributed by atoms with E-state index in [1.54, 1.807) is 32.4 Å². The number of methoxy groups -OCH3 is 2. The zero-order chi connectivity index (χ0) is 24.1. The van der Waals surface area contributed by atoms with Crippen molar-refractivity contribution in [2.75, 3.05) is 25.3 Å². The Morgan fingerprint density at radius 3 is 2.47 bits per heavy atom. The highest BCUT2D eigenvalue weighted by Crippen LogP contribution is 2.31. The first-order valence-electron chi connectivity index (χ1n) is 10.7. The SMILES string of the molecule is COc1ccc(OC)c(NC(=O)CSc2nnc(-c3ccccc3)n2-c2ccc(C)cc2C)c1. The normalized spacial score (nSPS) is 10.7. The van der Waals surface area contributed by atoms with E-state index >= 15 is 0 Å². The molecule has 7 nitrogen and oxygen atoms in total. The van der Waals surface area contributed by atoms with E-state index in [9.17, 15) is 4.79 Å². The Morgan fingerprint density at radius 1 is 0.971 bits per heavy atom. The molecule has 0 saturated heterocycles. The van der Waals surface area contributed by atoms with Crippen molar-refractivity contribution < 1.29 is 14.3 Å². The van der Waals surface area contributed by atoms with Crippen LogP contribution in [0.15, 0.2) is 71.9 Å². The molecular formula is C26H26N4O3S. The lowest BCUT2D eigenvalue weighted by atomic mass is 10.1. The summed E-state index contributed by atoms with van der Waals surface area (Å²) in [6.45, 7) is 4.13. The van der Waals surface area contributed by atoms with Crippen molar-refractivity contribution in [3.63, 3.8) is 0 Å². The molecule has 174 valence electrons. The molecule has 8 heteroatoms. The van der Waals surface area contributed by atoms with E-state index in [0.717, 1.165) is 22.6 Å². The molecule has 0 saturated carbocycles. The molecule has 0 spiro atoms. The van der Waals surface area contributed by atoms with Crippen LogP contribution in [0, 0.1) is 13.8 Å². The van der Waals surface area contributed by atoms with Gasteiger partial charge >= 0.3 is 0 Å². The van der Waals surface area contributed by atoms with Gasteiger partial charge in [-0.25, -0.2) is 0 Å². The highest BCUT2D eigenvalue weighted by molar-refractivity contribution is 7.99. The number of benzene rings is 3. The average Bonchev–Trinajstić information content (AvgIpc) is 3.27. The second-order valence-electron chi connectivity index (χ2n) is 7.70. The molecule has 34 heavy (non-hydrogen) atoms. The minimum atomic E-state index is -0.187. The zero-order valence-electron chi connectivity index (χ0n) is 19.5. The minimum Gasteiger partial charge on any atom is -0.497 e. The lowest BCUT2D eigenvalue weighted by molar-refractivity contribution is -0.113. The number of hydrogen-bond acceptors (Lipinski definition) is 6. The van der Waals surface area contributed by atoms with Gasteiger partial charge in [-0.15, -0.1) is 10.2 Å². The van der Waals surface area contributed by atoms with Gasteiger partial charge in [-0.1, -0.05) is 59.8 Å². The van der Waals surface area contributed by atoms with Crippen molar-refractivity contribution in [2.45, 2.75) is 19.0 Å². The molecule has 0 unspecified atom stereocenters. The number of aromatic nitrogens is 3. The van der Waals surface area contributed by atoms with Gasteiger partial charge in [0, 0.05) is 11.6 Å². The molecule has 0 atom stereocenters. The summed E-state index contributed by atoms with van der Waals surface area (Å²) in [7, 11) is 3.14. The number of thioether (sulfide) groups is 1. The van der Waals surface area contributed by atoms with Crippen molar-refractivity contribution >= 4 is 23.4 Å². The van der Waals surface area contributed by atoms with Gasteiger partial charge in [-0.05, 0) is 37.6 Å². The second-order valence-corrected chi connectivity index (χ2v) is 8.64. The van der Waals surface area contributed by atoms with Gasteiger partial charge < -0.3 is 14.8 Å². The molecule has 0 bridgehead atoms. The fraction of sp³-hybridized carbons (Fsp3) is 0.192. The third-order valence-corrected chi connectivity index (χ3v) is 6.20. The van der Waals surface area contributed by atoms with Crippen LogP contribution in [0.2, 0.25) is 0 Å². The van der Waals surface area contributed by atoms with Gasteiger partial charge in [0.05, 0.1) is 31.3 Å². The predicted octanol–water partition coefficient (Wildman–Crippen LogP) is 5.30. The fourth-order valence-electron chi connectivity index (χ4n) is 3.64. The number of nitrogens with zero attached hydrogens (tertiary/aromatic N) is 3. The van der Waals surface area contributed by atoms with Crippen molar-refractivity contribution in [3.8, 4) is 28.6 Å². The summed E-state index contributed by atoms with van der Waals surface area (Å²) in [6, 6.07) is 21.4. The third-order valence-electron chi connectivity index (χ3n) is 5.27. The summed E-state index contributed by atoms with van der Waals surface area (Å²) in [4.78, 5) is 12.8. The van der Waals surface area contributed by atoms with Crippen LogP contribution >= 0.6 is 11.8 Å². The standard InChI is InChI=1S/C26H26N4O3S/c1-17-10-12-22(18(2)14-17)30-25(19-8-6-5-7-9-19)28-29-26(30)34-16-24(31)27-21-15-20(32-3)11-13-23(21)33-4/h5-15H,16H2,1-4H3,(H,27,31).